The molecule has 0 saturated heterocycles. The van der Waals surface area contributed by atoms with Crippen LogP contribution in [0.2, 0.25) is 0 Å². The molecule has 2 aliphatic carbocycles. The Morgan fingerprint density at radius 1 is 0.943 bits per heavy atom. The van der Waals surface area contributed by atoms with Crippen molar-refractivity contribution in [3.8, 4) is 0 Å². The van der Waals surface area contributed by atoms with Gasteiger partial charge in [-0.05, 0) is 71.1 Å². The molecule has 2 aliphatic heterocycles. The topological polar surface area (TPSA) is 253 Å². The Morgan fingerprint density at radius 3 is 1.49 bits per heavy atom. The fraction of sp³-hybridized carbons (Fsp3) is 0.853. The van der Waals surface area contributed by atoms with Gasteiger partial charge in [-0.25, -0.2) is 9.47 Å². The quantitative estimate of drug-likeness (QED) is 0.0632. The second kappa shape index (κ2) is 26.5. The fourth-order valence-electron chi connectivity index (χ4n) is 6.79. The standard InChI is InChI=1S/C14H23NO3.C13H21NO3.C4H11N.C2H8O4S.CH2O3.2K.H/c1-5-9(6-2)12-11-8(3)7-10(14(16)17-4)13(11)18-15-12;1-4-8(5-2)11-10-7(3)6-9(13(15)16)12(10)17-14-11;1-4(2,3)5;1-7(2,4,5)6-3;2-1-4-3;;;/h8-11,13H,5-7H2,1-4H3;7-10,12H,4-6H2,1-3H3,(H,15,16);5H2,1-3H3;3H,1-2H3,(H,4,5);1,3H;;;/q;;;;;2*+1;-1/p-1/t8-,10+,11-,13-;7-,9+,10-,12-;;;;;;/m11....../s1. The molecule has 4 rings (SSSR count). The van der Waals surface area contributed by atoms with Crippen molar-refractivity contribution in [1.82, 2.24) is 0 Å². The predicted octanol–water partition coefficient (Wildman–Crippen LogP) is -3.65. The molecule has 19 heteroatoms. The molecule has 0 unspecified atom stereocenters. The monoisotopic (exact) mass is 833 g/mol. The van der Waals surface area contributed by atoms with E-state index < -0.39 is 21.5 Å². The Hall–Kier alpha value is 0.573. The van der Waals surface area contributed by atoms with Gasteiger partial charge in [0.1, 0.15) is 21.8 Å². The number of fused-ring (bicyclic) bond motifs is 2. The number of aliphatic carboxylic acids is 1. The van der Waals surface area contributed by atoms with Crippen LogP contribution < -0.4 is 119 Å². The van der Waals surface area contributed by atoms with Crippen LogP contribution in [0.1, 0.15) is 102 Å². The van der Waals surface area contributed by atoms with E-state index in [1.807, 2.05) is 0 Å². The number of methoxy groups -OCH3 is 1. The average molecular weight is 834 g/mol. The van der Waals surface area contributed by atoms with E-state index in [0.29, 0.717) is 36.0 Å². The first-order chi connectivity index (χ1) is 23.5. The molecule has 0 amide bonds. The zero-order valence-electron chi connectivity index (χ0n) is 35.5. The molecule has 0 aromatic rings. The summed E-state index contributed by atoms with van der Waals surface area (Å²) in [5.41, 5.74) is 6.27. The van der Waals surface area contributed by atoms with Crippen LogP contribution in [0.3, 0.4) is 0 Å². The van der Waals surface area contributed by atoms with Gasteiger partial charge in [0.2, 0.25) is 0 Å². The second-order valence-corrected chi connectivity index (χ2v) is 18.7. The molecule has 53 heavy (non-hydrogen) atoms. The van der Waals surface area contributed by atoms with Crippen LogP contribution in [0.4, 0.5) is 0 Å². The maximum Gasteiger partial charge on any atom is 1.00 e. The van der Waals surface area contributed by atoms with Crippen molar-refractivity contribution < 1.29 is 172 Å². The van der Waals surface area contributed by atoms with E-state index in [4.69, 9.17) is 34.3 Å². The van der Waals surface area contributed by atoms with Crippen molar-refractivity contribution in [2.45, 2.75) is 119 Å². The van der Waals surface area contributed by atoms with Crippen molar-refractivity contribution in [2.75, 3.05) is 19.6 Å². The number of carbonyl (C=O) groups is 3. The van der Waals surface area contributed by atoms with Crippen molar-refractivity contribution in [2.24, 2.45) is 57.7 Å². The third-order valence-corrected chi connectivity index (χ3v) is 9.51. The Labute approximate surface area is 402 Å². The molecule has 302 valence electrons. The van der Waals surface area contributed by atoms with Gasteiger partial charge in [0.25, 0.3) is 6.47 Å². The Kier molecular flexibility index (Phi) is 29.0. The summed E-state index contributed by atoms with van der Waals surface area (Å²) >= 11 is 0. The summed E-state index contributed by atoms with van der Waals surface area (Å²) in [7, 11) is -2.62. The summed E-state index contributed by atoms with van der Waals surface area (Å²) in [5.74, 6) is 0.371. The van der Waals surface area contributed by atoms with E-state index in [0.717, 1.165) is 50.3 Å². The molecular formula is C34H65K2N3O13S. The van der Waals surface area contributed by atoms with Gasteiger partial charge < -0.3 is 46.2 Å². The number of rotatable bonds is 10. The zero-order chi connectivity index (χ0) is 39.9. The molecule has 4 aliphatic rings. The number of esters is 1. The Morgan fingerprint density at radius 2 is 1.25 bits per heavy atom. The smallest absolute Gasteiger partial charge is 1.00 e. The molecule has 2 saturated carbocycles. The van der Waals surface area contributed by atoms with E-state index >= 15 is 0 Å². The first kappa shape index (κ1) is 57.9. The van der Waals surface area contributed by atoms with Gasteiger partial charge in [-0.15, -0.1) is 4.33 Å². The molecule has 16 nitrogen and oxygen atoms in total. The van der Waals surface area contributed by atoms with E-state index in [1.165, 1.54) is 12.8 Å². The first-order valence-corrected chi connectivity index (χ1v) is 20.2. The molecule has 2 heterocycles. The van der Waals surface area contributed by atoms with Gasteiger partial charge in [-0.1, -0.05) is 51.9 Å². The molecule has 0 radical (unpaired) electrons. The normalized spacial score (nSPS) is 26.9. The maximum atomic E-state index is 11.8. The van der Waals surface area contributed by atoms with Crippen LogP contribution >= 0.6 is 0 Å². The van der Waals surface area contributed by atoms with Crippen molar-refractivity contribution in [3.63, 3.8) is 0 Å². The number of carboxylic acid groups (broad SMARTS) is 1. The third kappa shape index (κ3) is 20.2. The number of oxime groups is 2. The minimum Gasteiger partial charge on any atom is -1.00 e. The summed E-state index contributed by atoms with van der Waals surface area (Å²) in [4.78, 5) is 45.0. The van der Waals surface area contributed by atoms with Crippen LogP contribution in [-0.2, 0) is 47.6 Å². The average Bonchev–Trinajstić information content (AvgIpc) is 3.81. The molecule has 5 N–H and O–H groups in total. The molecule has 0 spiro atoms. The molecule has 2 fully saturated rings. The largest absolute Gasteiger partial charge is 1.00 e. The summed E-state index contributed by atoms with van der Waals surface area (Å²) in [6.07, 6.45) is 7.14. The minimum absolute atomic E-state index is 0. The molecule has 0 bridgehead atoms. The van der Waals surface area contributed by atoms with Crippen LogP contribution in [0.15, 0.2) is 10.3 Å². The van der Waals surface area contributed by atoms with Crippen molar-refractivity contribution >= 4 is 39.5 Å². The summed E-state index contributed by atoms with van der Waals surface area (Å²) in [5, 5.41) is 35.6. The number of carbonyl (C=O) groups excluding carboxylic acids is 3. The number of quaternary nitrogens is 1. The molecule has 8 atom stereocenters. The fourth-order valence-corrected chi connectivity index (χ4v) is 6.79. The SMILES string of the molecule is CC(C)(C)[NH3+].CCC(CC)C1=NO[C@H]2[C@@H]1[C@H](C)C[C@@H]2C(=O)OC.CCC(CC)C1=NO[C@H]2[C@@H]1[C@H](C)C[C@@H]2C(=O)[O-].CS(C)(=O)(O)OO.O=CO[O-].[H-].[K+].[K+]. The molecule has 0 aromatic carbocycles. The van der Waals surface area contributed by atoms with Crippen LogP contribution in [0, 0.1) is 47.3 Å². The third-order valence-electron chi connectivity index (χ3n) is 9.09. The van der Waals surface area contributed by atoms with E-state index in [-0.39, 0.29) is 146 Å². The van der Waals surface area contributed by atoms with Crippen LogP contribution in [0.25, 0.3) is 0 Å². The van der Waals surface area contributed by atoms with Gasteiger partial charge >= 0.3 is 109 Å². The van der Waals surface area contributed by atoms with Gasteiger partial charge in [0.05, 0.1) is 30.0 Å². The molecular weight excluding hydrogens is 769 g/mol. The van der Waals surface area contributed by atoms with Gasteiger partial charge in [-0.2, -0.15) is 0 Å². The van der Waals surface area contributed by atoms with Gasteiger partial charge in [0.15, 0.2) is 0 Å². The second-order valence-electron chi connectivity index (χ2n) is 15.2. The van der Waals surface area contributed by atoms with E-state index in [1.54, 1.807) is 0 Å². The number of ether oxygens (including phenoxy) is 1. The van der Waals surface area contributed by atoms with Crippen LogP contribution in [0.5, 0.6) is 0 Å². The predicted molar refractivity (Wildman–Crippen MR) is 189 cm³/mol. The van der Waals surface area contributed by atoms with E-state index in [9.17, 15) is 18.9 Å². The Bertz CT molecular complexity index is 1230. The molecule has 0 aromatic heterocycles. The van der Waals surface area contributed by atoms with Gasteiger partial charge in [-0.3, -0.25) is 9.59 Å². The minimum atomic E-state index is -4.06. The van der Waals surface area contributed by atoms with Gasteiger partial charge in [0, 0.05) is 48.1 Å². The van der Waals surface area contributed by atoms with E-state index in [2.05, 4.69) is 87.6 Å². The summed E-state index contributed by atoms with van der Waals surface area (Å²) in [6.45, 7) is 19.0. The van der Waals surface area contributed by atoms with Crippen LogP contribution in [-0.4, -0.2) is 81.2 Å². The first-order valence-electron chi connectivity index (χ1n) is 17.5. The summed E-state index contributed by atoms with van der Waals surface area (Å²) in [6, 6.07) is 0. The number of carboxylic acids is 1. The number of hydrogen-bond acceptors (Lipinski definition) is 14. The van der Waals surface area contributed by atoms with Crippen molar-refractivity contribution in [1.29, 1.82) is 0 Å². The number of nitrogens with zero attached hydrogens (tertiary/aromatic N) is 2. The summed E-state index contributed by atoms with van der Waals surface area (Å²) < 4.78 is 26.7. The van der Waals surface area contributed by atoms with Crippen molar-refractivity contribution in [3.05, 3.63) is 0 Å². The zero-order valence-corrected chi connectivity index (χ0v) is 41.6. The number of hydrogen-bond donors (Lipinski definition) is 3. The Balaban J connectivity index is -0.000000321. The maximum absolute atomic E-state index is 11.8.